The van der Waals surface area contributed by atoms with Gasteiger partial charge >= 0.3 is 0 Å². The summed E-state index contributed by atoms with van der Waals surface area (Å²) in [5.41, 5.74) is 0. The van der Waals surface area contributed by atoms with Gasteiger partial charge in [0.05, 0.1) is 6.10 Å². The largest absolute Gasteiger partial charge is 0.384 e. The van der Waals surface area contributed by atoms with Crippen LogP contribution in [0.15, 0.2) is 0 Å². The number of rotatable bonds is 1. The Bertz CT molecular complexity index is 62.7. The summed E-state index contributed by atoms with van der Waals surface area (Å²) >= 11 is 0. The van der Waals surface area contributed by atoms with E-state index in [0.717, 1.165) is 12.6 Å². The fraction of sp³-hybridized carbons (Fsp3) is 1.00. The van der Waals surface area contributed by atoms with Crippen LogP contribution in [0, 0.1) is 0 Å². The normalized spacial score (nSPS) is 40.1. The van der Waals surface area contributed by atoms with E-state index in [-0.39, 0.29) is 6.00 Å². The highest BCUT2D eigenvalue weighted by atomic mass is 31.0. The first kappa shape index (κ1) is 5.59. The van der Waals surface area contributed by atoms with Crippen molar-refractivity contribution < 1.29 is 4.74 Å². The molecule has 0 aromatic carbocycles. The lowest BCUT2D eigenvalue weighted by Gasteiger charge is -2.33. The molecule has 1 saturated heterocycles. The summed E-state index contributed by atoms with van der Waals surface area (Å²) in [6.07, 6.45) is 2.48. The van der Waals surface area contributed by atoms with Gasteiger partial charge in [-0.1, -0.05) is 0 Å². The minimum Gasteiger partial charge on any atom is -0.384 e. The van der Waals surface area contributed by atoms with Crippen LogP contribution in [0.4, 0.5) is 0 Å². The van der Waals surface area contributed by atoms with E-state index in [1.54, 1.807) is 0 Å². The van der Waals surface area contributed by atoms with Gasteiger partial charge in [0.2, 0.25) is 0 Å². The highest BCUT2D eigenvalue weighted by Gasteiger charge is 2.22. The van der Waals surface area contributed by atoms with E-state index in [0.29, 0.717) is 6.10 Å². The Morgan fingerprint density at radius 2 is 2.43 bits per heavy atom. The van der Waals surface area contributed by atoms with E-state index >= 15 is 0 Å². The van der Waals surface area contributed by atoms with Crippen LogP contribution in [0.2, 0.25) is 0 Å². The lowest BCUT2D eigenvalue weighted by atomic mass is 9.89. The maximum Gasteiger partial charge on any atom is 0.109 e. The molecule has 0 spiro atoms. The van der Waals surface area contributed by atoms with E-state index in [4.69, 9.17) is 12.6 Å². The molecule has 0 aliphatic carbocycles. The summed E-state index contributed by atoms with van der Waals surface area (Å²) in [5, 5.41) is 0. The highest BCUT2D eigenvalue weighted by molar-refractivity contribution is 7.16. The Balaban J connectivity index is 2.06. The zero-order valence-corrected chi connectivity index (χ0v) is 5.29. The zero-order chi connectivity index (χ0) is 5.28. The maximum absolute atomic E-state index is 5.31. The lowest BCUT2D eigenvalue weighted by Crippen LogP contribution is -2.38. The molecule has 3 unspecified atom stereocenters. The van der Waals surface area contributed by atoms with Crippen LogP contribution < -0.4 is 0 Å². The zero-order valence-electron chi connectivity index (χ0n) is 4.13. The molecule has 1 fully saturated rings. The van der Waals surface area contributed by atoms with E-state index in [2.05, 4.69) is 9.24 Å². The minimum atomic E-state index is 0.0329. The van der Waals surface area contributed by atoms with Gasteiger partial charge in [-0.2, -0.15) is 0 Å². The molecule has 0 bridgehead atoms. The van der Waals surface area contributed by atoms with Crippen molar-refractivity contribution in [1.82, 2.24) is 0 Å². The number of hydrogen-bond acceptors (Lipinski definition) is 1. The van der Waals surface area contributed by atoms with Crippen LogP contribution in [0.5, 0.6) is 0 Å². The standard InChI is InChI=1S/C4H8BOP/c5-4-1-3(2-7)6-4/h3-4H,1-2,7H2. The molecule has 1 aliphatic heterocycles. The average molecular weight is 114 g/mol. The summed E-state index contributed by atoms with van der Waals surface area (Å²) in [5.74, 6) is 0. The molecule has 1 aliphatic rings. The van der Waals surface area contributed by atoms with Gasteiger partial charge in [-0.05, 0) is 12.6 Å². The van der Waals surface area contributed by atoms with Crippen molar-refractivity contribution in [3.8, 4) is 0 Å². The van der Waals surface area contributed by atoms with Crippen LogP contribution in [0.1, 0.15) is 6.42 Å². The molecule has 0 amide bonds. The van der Waals surface area contributed by atoms with E-state index in [1.165, 1.54) is 0 Å². The smallest absolute Gasteiger partial charge is 0.109 e. The van der Waals surface area contributed by atoms with Crippen molar-refractivity contribution in [2.75, 3.05) is 6.16 Å². The van der Waals surface area contributed by atoms with E-state index in [9.17, 15) is 0 Å². The molecule has 1 heterocycles. The summed E-state index contributed by atoms with van der Waals surface area (Å²) in [6, 6.07) is 0.0329. The molecule has 0 aromatic heterocycles. The molecule has 2 radical (unpaired) electrons. The second kappa shape index (κ2) is 2.15. The number of hydrogen-bond donors (Lipinski definition) is 0. The summed E-state index contributed by atoms with van der Waals surface area (Å²) < 4.78 is 5.05. The SMILES string of the molecule is [B]C1CC(CP)O1. The van der Waals surface area contributed by atoms with Crippen molar-refractivity contribution in [1.29, 1.82) is 0 Å². The summed E-state index contributed by atoms with van der Waals surface area (Å²) in [6.45, 7) is 0. The molecule has 1 nitrogen and oxygen atoms in total. The molecule has 3 atom stereocenters. The third-order valence-corrected chi connectivity index (χ3v) is 1.65. The number of ether oxygens (including phenoxy) is 1. The predicted molar refractivity (Wildman–Crippen MR) is 33.6 cm³/mol. The maximum atomic E-state index is 5.31. The third kappa shape index (κ3) is 1.17. The van der Waals surface area contributed by atoms with Gasteiger partial charge in [0.25, 0.3) is 0 Å². The fourth-order valence-corrected chi connectivity index (χ4v) is 0.951. The van der Waals surface area contributed by atoms with Gasteiger partial charge in [-0.3, -0.25) is 0 Å². The van der Waals surface area contributed by atoms with Crippen molar-refractivity contribution in [2.24, 2.45) is 0 Å². The van der Waals surface area contributed by atoms with Crippen molar-refractivity contribution >= 4 is 17.1 Å². The van der Waals surface area contributed by atoms with E-state index in [1.807, 2.05) is 0 Å². The Hall–Kier alpha value is 0.455. The molecule has 0 N–H and O–H groups in total. The van der Waals surface area contributed by atoms with Crippen LogP contribution in [-0.4, -0.2) is 26.1 Å². The second-order valence-electron chi connectivity index (χ2n) is 1.77. The first-order valence-electron chi connectivity index (χ1n) is 2.44. The highest BCUT2D eigenvalue weighted by Crippen LogP contribution is 2.18. The van der Waals surface area contributed by atoms with Gasteiger partial charge in [-0.15, -0.1) is 9.24 Å². The molecule has 1 rings (SSSR count). The Morgan fingerprint density at radius 1 is 1.86 bits per heavy atom. The van der Waals surface area contributed by atoms with Crippen LogP contribution in [0.25, 0.3) is 0 Å². The van der Waals surface area contributed by atoms with Crippen LogP contribution >= 0.6 is 9.24 Å². The lowest BCUT2D eigenvalue weighted by molar-refractivity contribution is -0.0635. The van der Waals surface area contributed by atoms with Crippen LogP contribution in [-0.2, 0) is 4.74 Å². The molecular formula is C4H8BOP. The second-order valence-corrected chi connectivity index (χ2v) is 2.24. The van der Waals surface area contributed by atoms with Gasteiger partial charge in [-0.25, -0.2) is 0 Å². The van der Waals surface area contributed by atoms with Crippen molar-refractivity contribution in [2.45, 2.75) is 18.5 Å². The van der Waals surface area contributed by atoms with Crippen molar-refractivity contribution in [3.63, 3.8) is 0 Å². The quantitative estimate of drug-likeness (QED) is 0.348. The molecule has 7 heavy (non-hydrogen) atoms. The Labute approximate surface area is 47.4 Å². The molecule has 0 aromatic rings. The topological polar surface area (TPSA) is 9.23 Å². The molecular weight excluding hydrogens is 106 g/mol. The van der Waals surface area contributed by atoms with E-state index < -0.39 is 0 Å². The van der Waals surface area contributed by atoms with Gasteiger partial charge in [0.1, 0.15) is 7.85 Å². The fourth-order valence-electron chi connectivity index (χ4n) is 0.647. The Morgan fingerprint density at radius 3 is 2.57 bits per heavy atom. The first-order valence-corrected chi connectivity index (χ1v) is 3.25. The minimum absolute atomic E-state index is 0.0329. The van der Waals surface area contributed by atoms with Gasteiger partial charge in [0, 0.05) is 6.00 Å². The first-order chi connectivity index (χ1) is 3.33. The summed E-state index contributed by atoms with van der Waals surface area (Å²) in [7, 11) is 7.94. The average Bonchev–Trinajstić information content (AvgIpc) is 1.58. The monoisotopic (exact) mass is 114 g/mol. The van der Waals surface area contributed by atoms with Crippen LogP contribution in [0.3, 0.4) is 0 Å². The molecule has 0 saturated carbocycles. The predicted octanol–water partition coefficient (Wildman–Crippen LogP) is 0.145. The van der Waals surface area contributed by atoms with Gasteiger partial charge < -0.3 is 4.74 Å². The summed E-state index contributed by atoms with van der Waals surface area (Å²) in [4.78, 5) is 0. The van der Waals surface area contributed by atoms with Gasteiger partial charge in [0.15, 0.2) is 0 Å². The Kier molecular flexibility index (Phi) is 1.72. The van der Waals surface area contributed by atoms with Crippen molar-refractivity contribution in [3.05, 3.63) is 0 Å². The molecule has 3 heteroatoms. The molecule has 38 valence electrons. The third-order valence-electron chi connectivity index (χ3n) is 1.13.